The fraction of sp³-hybridized carbons (Fsp3) is 0.611. The van der Waals surface area contributed by atoms with Crippen LogP contribution in [0.15, 0.2) is 35.2 Å². The highest BCUT2D eigenvalue weighted by molar-refractivity contribution is 7.89. The second-order valence-corrected chi connectivity index (χ2v) is 8.66. The lowest BCUT2D eigenvalue weighted by Crippen LogP contribution is -2.51. The van der Waals surface area contributed by atoms with Gasteiger partial charge in [-0.3, -0.25) is 14.7 Å². The van der Waals surface area contributed by atoms with Gasteiger partial charge in [0, 0.05) is 18.6 Å². The molecule has 1 aromatic carbocycles. The summed E-state index contributed by atoms with van der Waals surface area (Å²) in [5, 5.41) is 0.136. The van der Waals surface area contributed by atoms with Crippen molar-refractivity contribution in [2.24, 2.45) is 0 Å². The molecule has 1 aromatic rings. The van der Waals surface area contributed by atoms with E-state index in [0.29, 0.717) is 13.0 Å². The van der Waals surface area contributed by atoms with Crippen LogP contribution < -0.4 is 4.83 Å². The Bertz CT molecular complexity index is 715. The highest BCUT2D eigenvalue weighted by atomic mass is 32.2. The Balaban J connectivity index is 2.83. The third-order valence-electron chi connectivity index (χ3n) is 4.15. The quantitative estimate of drug-likeness (QED) is 0.464. The zero-order chi connectivity index (χ0) is 21.5. The average molecular weight is 424 g/mol. The fourth-order valence-corrected chi connectivity index (χ4v) is 3.90. The van der Waals surface area contributed by atoms with E-state index in [9.17, 15) is 26.4 Å². The van der Waals surface area contributed by atoms with E-state index in [0.717, 1.165) is 0 Å². The SMILES string of the molecule is CC(C)N(CCCCN(NS(=O)(=O)c1ccccc1)C(=O)C(F)(F)F)C(C)C. The minimum Gasteiger partial charge on any atom is -0.299 e. The van der Waals surface area contributed by atoms with Crippen LogP contribution in [0.4, 0.5) is 13.2 Å². The molecule has 0 radical (unpaired) electrons. The summed E-state index contributed by atoms with van der Waals surface area (Å²) in [7, 11) is -4.30. The number of hydrogen-bond donors (Lipinski definition) is 1. The smallest absolute Gasteiger partial charge is 0.299 e. The predicted molar refractivity (Wildman–Crippen MR) is 101 cm³/mol. The number of alkyl halides is 3. The second kappa shape index (κ2) is 10.2. The van der Waals surface area contributed by atoms with Gasteiger partial charge in [0.1, 0.15) is 0 Å². The summed E-state index contributed by atoms with van der Waals surface area (Å²) < 4.78 is 63.3. The third-order valence-corrected chi connectivity index (χ3v) is 5.50. The van der Waals surface area contributed by atoms with Crippen LogP contribution in [0.2, 0.25) is 0 Å². The topological polar surface area (TPSA) is 69.7 Å². The van der Waals surface area contributed by atoms with Gasteiger partial charge in [0.15, 0.2) is 0 Å². The summed E-state index contributed by atoms with van der Waals surface area (Å²) >= 11 is 0. The molecule has 1 N–H and O–H groups in total. The van der Waals surface area contributed by atoms with Crippen molar-refractivity contribution in [3.63, 3.8) is 0 Å². The Kier molecular flexibility index (Phi) is 8.90. The number of amides is 1. The van der Waals surface area contributed by atoms with Crippen LogP contribution in [-0.2, 0) is 14.8 Å². The van der Waals surface area contributed by atoms with Gasteiger partial charge in [0.05, 0.1) is 4.90 Å². The molecule has 0 saturated heterocycles. The molecule has 10 heteroatoms. The molecule has 0 unspecified atom stereocenters. The number of hydrogen-bond acceptors (Lipinski definition) is 4. The van der Waals surface area contributed by atoms with Gasteiger partial charge in [-0.2, -0.15) is 13.2 Å². The van der Waals surface area contributed by atoms with Crippen LogP contribution in [0, 0.1) is 0 Å². The van der Waals surface area contributed by atoms with Gasteiger partial charge in [-0.25, -0.2) is 8.42 Å². The minimum atomic E-state index is -5.18. The molecular weight excluding hydrogens is 395 g/mol. The normalized spacial score (nSPS) is 12.8. The van der Waals surface area contributed by atoms with E-state index in [4.69, 9.17) is 0 Å². The lowest BCUT2D eigenvalue weighted by Gasteiger charge is -2.31. The van der Waals surface area contributed by atoms with E-state index in [1.54, 1.807) is 10.9 Å². The Labute approximate surface area is 164 Å². The van der Waals surface area contributed by atoms with Crippen LogP contribution >= 0.6 is 0 Å². The summed E-state index contributed by atoms with van der Waals surface area (Å²) in [6.45, 7) is 8.34. The van der Waals surface area contributed by atoms with E-state index >= 15 is 0 Å². The monoisotopic (exact) mass is 423 g/mol. The molecule has 0 bridgehead atoms. The van der Waals surface area contributed by atoms with E-state index in [-0.39, 0.29) is 35.0 Å². The number of benzene rings is 1. The molecule has 1 amide bonds. The van der Waals surface area contributed by atoms with Crippen molar-refractivity contribution >= 4 is 15.9 Å². The first-order chi connectivity index (χ1) is 12.9. The highest BCUT2D eigenvalue weighted by Crippen LogP contribution is 2.19. The first-order valence-corrected chi connectivity index (χ1v) is 10.6. The second-order valence-electron chi connectivity index (χ2n) is 6.99. The minimum absolute atomic E-state index is 0.136. The summed E-state index contributed by atoms with van der Waals surface area (Å²) in [6.07, 6.45) is -4.44. The molecule has 1 rings (SSSR count). The molecular formula is C18H28F3N3O3S. The van der Waals surface area contributed by atoms with Crippen LogP contribution in [0.1, 0.15) is 40.5 Å². The van der Waals surface area contributed by atoms with Crippen LogP contribution in [0.25, 0.3) is 0 Å². The zero-order valence-electron chi connectivity index (χ0n) is 16.5. The van der Waals surface area contributed by atoms with Gasteiger partial charge in [-0.15, -0.1) is 4.83 Å². The lowest BCUT2D eigenvalue weighted by molar-refractivity contribution is -0.187. The number of rotatable bonds is 10. The first kappa shape index (κ1) is 24.4. The van der Waals surface area contributed by atoms with E-state index in [2.05, 4.69) is 4.90 Å². The Morgan fingerprint density at radius 2 is 1.50 bits per heavy atom. The van der Waals surface area contributed by atoms with Crippen molar-refractivity contribution in [2.45, 2.75) is 63.7 Å². The van der Waals surface area contributed by atoms with Crippen LogP contribution in [-0.4, -0.2) is 55.6 Å². The van der Waals surface area contributed by atoms with Gasteiger partial charge in [0.2, 0.25) is 0 Å². The van der Waals surface area contributed by atoms with E-state index in [1.165, 1.54) is 24.3 Å². The van der Waals surface area contributed by atoms with Crippen molar-refractivity contribution in [1.29, 1.82) is 0 Å². The highest BCUT2D eigenvalue weighted by Gasteiger charge is 2.43. The molecule has 0 aliphatic carbocycles. The number of nitrogens with zero attached hydrogens (tertiary/aromatic N) is 2. The summed E-state index contributed by atoms with van der Waals surface area (Å²) in [6, 6.07) is 7.47. The number of halogens is 3. The maximum atomic E-state index is 12.9. The Hall–Kier alpha value is -1.65. The van der Waals surface area contributed by atoms with Crippen molar-refractivity contribution in [1.82, 2.24) is 14.7 Å². The molecule has 28 heavy (non-hydrogen) atoms. The van der Waals surface area contributed by atoms with Crippen LogP contribution in [0.3, 0.4) is 0 Å². The van der Waals surface area contributed by atoms with Gasteiger partial charge >= 0.3 is 12.1 Å². The maximum Gasteiger partial charge on any atom is 0.472 e. The van der Waals surface area contributed by atoms with Crippen molar-refractivity contribution in [2.75, 3.05) is 13.1 Å². The standard InChI is InChI=1S/C18H28F3N3O3S/c1-14(2)23(15(3)4)12-8-9-13-24(17(25)18(19,20)21)22-28(26,27)16-10-6-5-7-11-16/h5-7,10-11,14-15,22H,8-9,12-13H2,1-4H3. The molecule has 6 nitrogen and oxygen atoms in total. The number of carbonyl (C=O) groups excluding carboxylic acids is 1. The van der Waals surface area contributed by atoms with Crippen molar-refractivity contribution in [3.05, 3.63) is 30.3 Å². The number of unbranched alkanes of at least 4 members (excludes halogenated alkanes) is 1. The Morgan fingerprint density at radius 3 is 1.96 bits per heavy atom. The molecule has 0 aromatic heterocycles. The van der Waals surface area contributed by atoms with Crippen LogP contribution in [0.5, 0.6) is 0 Å². The van der Waals surface area contributed by atoms with Gasteiger partial charge < -0.3 is 0 Å². The molecule has 0 saturated carbocycles. The fourth-order valence-electron chi connectivity index (χ4n) is 2.82. The molecule has 0 spiro atoms. The number of hydrazine groups is 1. The predicted octanol–water partition coefficient (Wildman–Crippen LogP) is 3.17. The molecule has 0 fully saturated rings. The lowest BCUT2D eigenvalue weighted by atomic mass is 10.2. The van der Waals surface area contributed by atoms with Crippen molar-refractivity contribution < 1.29 is 26.4 Å². The molecule has 0 atom stereocenters. The summed E-state index contributed by atoms with van der Waals surface area (Å²) in [5.41, 5.74) is 0. The molecule has 0 aliphatic rings. The molecule has 0 aliphatic heterocycles. The average Bonchev–Trinajstić information content (AvgIpc) is 2.59. The number of nitrogens with one attached hydrogen (secondary N) is 1. The van der Waals surface area contributed by atoms with Gasteiger partial charge in [-0.1, -0.05) is 18.2 Å². The first-order valence-electron chi connectivity index (χ1n) is 9.08. The van der Waals surface area contributed by atoms with Crippen molar-refractivity contribution in [3.8, 4) is 0 Å². The Morgan fingerprint density at radius 1 is 1.00 bits per heavy atom. The van der Waals surface area contributed by atoms with E-state index < -0.39 is 22.1 Å². The third kappa shape index (κ3) is 7.40. The van der Waals surface area contributed by atoms with Gasteiger partial charge in [0.25, 0.3) is 10.0 Å². The van der Waals surface area contributed by atoms with Gasteiger partial charge in [-0.05, 0) is 59.2 Å². The summed E-state index contributed by atoms with van der Waals surface area (Å²) in [5.74, 6) is -2.24. The summed E-state index contributed by atoms with van der Waals surface area (Å²) in [4.78, 5) is 15.4. The van der Waals surface area contributed by atoms with E-state index in [1.807, 2.05) is 27.7 Å². The number of carbonyl (C=O) groups is 1. The molecule has 160 valence electrons. The zero-order valence-corrected chi connectivity index (χ0v) is 17.3. The largest absolute Gasteiger partial charge is 0.472 e. The maximum absolute atomic E-state index is 12.9. The molecule has 0 heterocycles. The number of sulfonamides is 1.